The molecule has 3 aromatic carbocycles. The van der Waals surface area contributed by atoms with Gasteiger partial charge in [0, 0.05) is 38.9 Å². The molecule has 2 heterocycles. The molecule has 2 aliphatic rings. The van der Waals surface area contributed by atoms with Gasteiger partial charge in [0.15, 0.2) is 6.29 Å². The number of ether oxygens (including phenoxy) is 1. The number of hydrogen-bond acceptors (Lipinski definition) is 5. The van der Waals surface area contributed by atoms with E-state index in [0.717, 1.165) is 52.2 Å². The summed E-state index contributed by atoms with van der Waals surface area (Å²) in [4.78, 5) is 33.4. The molecule has 0 spiro atoms. The number of aliphatic imine (C=N–C) groups is 1. The Morgan fingerprint density at radius 1 is 0.889 bits per heavy atom. The molecule has 1 fully saturated rings. The Morgan fingerprint density at radius 2 is 1.49 bits per heavy atom. The number of phenolic OH excluding ortho intramolecular Hbond substituents is 1. The zero-order valence-corrected chi connectivity index (χ0v) is 27.3. The van der Waals surface area contributed by atoms with Gasteiger partial charge in [0.25, 0.3) is 0 Å². The number of aldehydes is 1. The van der Waals surface area contributed by atoms with Crippen LogP contribution in [-0.4, -0.2) is 29.2 Å². The second-order valence-electron chi connectivity index (χ2n) is 12.0. The van der Waals surface area contributed by atoms with Crippen molar-refractivity contribution in [3.8, 4) is 16.9 Å². The minimum absolute atomic E-state index is 0. The second-order valence-corrected chi connectivity index (χ2v) is 12.0. The molecule has 1 aliphatic heterocycles. The van der Waals surface area contributed by atoms with Crippen molar-refractivity contribution in [2.45, 2.75) is 53.6 Å². The number of rotatable bonds is 5. The third-order valence-corrected chi connectivity index (χ3v) is 8.55. The van der Waals surface area contributed by atoms with Crippen LogP contribution in [0.3, 0.4) is 0 Å². The van der Waals surface area contributed by atoms with Crippen LogP contribution in [0.1, 0.15) is 83.8 Å². The maximum absolute atomic E-state index is 13.7. The van der Waals surface area contributed by atoms with Gasteiger partial charge in [-0.3, -0.25) is 9.79 Å². The van der Waals surface area contributed by atoms with Gasteiger partial charge in [0.2, 0.25) is 0 Å². The first-order valence-electron chi connectivity index (χ1n) is 15.2. The number of esters is 1. The number of phenols is 1. The zero-order valence-electron chi connectivity index (χ0n) is 26.3. The van der Waals surface area contributed by atoms with Gasteiger partial charge in [-0.1, -0.05) is 94.4 Å². The van der Waals surface area contributed by atoms with E-state index in [1.54, 1.807) is 18.2 Å². The average molecular weight is 646 g/mol. The third-order valence-electron chi connectivity index (χ3n) is 8.55. The quantitative estimate of drug-likeness (QED) is 0.134. The first-order valence-corrected chi connectivity index (χ1v) is 15.2. The van der Waals surface area contributed by atoms with Crippen LogP contribution in [0, 0.1) is 24.7 Å². The molecular weight excluding hydrogens is 607 g/mol. The zero-order chi connectivity index (χ0) is 31.4. The van der Waals surface area contributed by atoms with Crippen LogP contribution >= 0.6 is 0 Å². The van der Waals surface area contributed by atoms with E-state index in [1.807, 2.05) is 62.4 Å². The number of carbonyl (C=O) groups excluding carboxylic acids is 2. The third kappa shape index (κ3) is 7.37. The SMILES string of the molecule is CC1=N/C(=C\c2[n-]c(C)c(C(=O)OC3C(C)CC(C)CC3C)c2-c2ccccc2)c2ccccc21.O=Cc1ccccc1O.[Ni]. The Bertz CT molecular complexity index is 1710. The molecule has 6 nitrogen and oxygen atoms in total. The van der Waals surface area contributed by atoms with Gasteiger partial charge in [-0.15, -0.1) is 11.4 Å². The average Bonchev–Trinajstić information content (AvgIpc) is 3.51. The molecule has 0 bridgehead atoms. The first-order chi connectivity index (χ1) is 21.2. The van der Waals surface area contributed by atoms with Gasteiger partial charge in [0.1, 0.15) is 11.9 Å². The predicted molar refractivity (Wildman–Crippen MR) is 176 cm³/mol. The number of aromatic hydroxyl groups is 1. The molecule has 2 unspecified atom stereocenters. The summed E-state index contributed by atoms with van der Waals surface area (Å²) >= 11 is 0. The summed E-state index contributed by atoms with van der Waals surface area (Å²) in [6, 6.07) is 24.6. The topological polar surface area (TPSA) is 90.1 Å². The van der Waals surface area contributed by atoms with Gasteiger partial charge >= 0.3 is 5.97 Å². The maximum atomic E-state index is 13.7. The molecule has 0 radical (unpaired) electrons. The Morgan fingerprint density at radius 3 is 2.11 bits per heavy atom. The normalized spacial score (nSPS) is 21.1. The standard InChI is InChI=1S/C31H34N2O2.C7H6O2.Ni/c1-18-15-19(2)30(20(3)16-18)35-31(34)28-22(5)33-27(29(28)23-11-7-6-8-12-23)17-26-25-14-10-9-13-24(25)21(4)32-26;8-5-6-3-1-2-4-7(6)9;/h6-14,17-20,30H,15-16H2,1-5H3,(H,32,33,34);1-5,9H;/p-1. The number of aromatic nitrogens is 1. The molecule has 0 amide bonds. The number of para-hydroxylation sites is 1. The Hall–Kier alpha value is -4.22. The van der Waals surface area contributed by atoms with Crippen LogP contribution in [0.5, 0.6) is 5.75 Å². The number of benzene rings is 3. The Labute approximate surface area is 275 Å². The number of nitrogens with zero attached hydrogens (tertiary/aromatic N) is 2. The van der Waals surface area contributed by atoms with Crippen molar-refractivity contribution in [2.75, 3.05) is 0 Å². The second kappa shape index (κ2) is 14.7. The fourth-order valence-electron chi connectivity index (χ4n) is 6.61. The van der Waals surface area contributed by atoms with E-state index in [-0.39, 0.29) is 34.3 Å². The summed E-state index contributed by atoms with van der Waals surface area (Å²) in [6.45, 7) is 10.6. The van der Waals surface area contributed by atoms with Crippen molar-refractivity contribution in [3.63, 3.8) is 0 Å². The molecule has 2 atom stereocenters. The van der Waals surface area contributed by atoms with Crippen molar-refractivity contribution < 1.29 is 35.9 Å². The summed E-state index contributed by atoms with van der Waals surface area (Å²) in [6.07, 6.45) is 4.72. The molecule has 1 aliphatic carbocycles. The minimum Gasteiger partial charge on any atom is -0.660 e. The molecule has 1 aromatic heterocycles. The number of hydrogen-bond donors (Lipinski definition) is 1. The molecular formula is C38H39N2NiO4-. The Balaban J connectivity index is 0.000000398. The Kier molecular flexibility index (Phi) is 11.0. The van der Waals surface area contributed by atoms with Crippen LogP contribution in [0.2, 0.25) is 0 Å². The van der Waals surface area contributed by atoms with E-state index in [0.29, 0.717) is 40.9 Å². The van der Waals surface area contributed by atoms with Gasteiger partial charge in [-0.25, -0.2) is 4.79 Å². The largest absolute Gasteiger partial charge is 0.660 e. The van der Waals surface area contributed by atoms with Gasteiger partial charge < -0.3 is 14.8 Å². The molecule has 45 heavy (non-hydrogen) atoms. The van der Waals surface area contributed by atoms with Crippen molar-refractivity contribution in [2.24, 2.45) is 22.7 Å². The van der Waals surface area contributed by atoms with Gasteiger partial charge in [0.05, 0.1) is 11.3 Å². The summed E-state index contributed by atoms with van der Waals surface area (Å²) in [5.41, 5.74) is 8.21. The summed E-state index contributed by atoms with van der Waals surface area (Å²) in [5.74, 6) is 1.11. The van der Waals surface area contributed by atoms with E-state index in [4.69, 9.17) is 19.8 Å². The molecule has 236 valence electrons. The molecule has 6 rings (SSSR count). The van der Waals surface area contributed by atoms with Crippen molar-refractivity contribution in [1.82, 2.24) is 4.98 Å². The predicted octanol–water partition coefficient (Wildman–Crippen LogP) is 8.37. The number of fused-ring (bicyclic) bond motifs is 1. The monoisotopic (exact) mass is 645 g/mol. The van der Waals surface area contributed by atoms with Crippen LogP contribution in [-0.2, 0) is 21.2 Å². The molecule has 4 aromatic rings. The first kappa shape index (κ1) is 33.7. The fourth-order valence-corrected chi connectivity index (χ4v) is 6.61. The maximum Gasteiger partial charge on any atom is 0.337 e. The van der Waals surface area contributed by atoms with Gasteiger partial charge in [-0.2, -0.15) is 0 Å². The molecule has 0 saturated heterocycles. The molecule has 1 saturated carbocycles. The van der Waals surface area contributed by atoms with E-state index in [2.05, 4.69) is 32.9 Å². The van der Waals surface area contributed by atoms with Crippen molar-refractivity contribution in [1.29, 1.82) is 0 Å². The summed E-state index contributed by atoms with van der Waals surface area (Å²) in [7, 11) is 0. The van der Waals surface area contributed by atoms with Gasteiger partial charge in [-0.05, 0) is 66.9 Å². The van der Waals surface area contributed by atoms with E-state index < -0.39 is 0 Å². The van der Waals surface area contributed by atoms with E-state index >= 15 is 0 Å². The smallest absolute Gasteiger partial charge is 0.337 e. The number of aryl methyl sites for hydroxylation is 1. The minimum atomic E-state index is -0.275. The van der Waals surface area contributed by atoms with Crippen LogP contribution in [0.4, 0.5) is 0 Å². The van der Waals surface area contributed by atoms with Crippen molar-refractivity contribution >= 4 is 29.7 Å². The summed E-state index contributed by atoms with van der Waals surface area (Å²) < 4.78 is 6.22. The van der Waals surface area contributed by atoms with E-state index in [9.17, 15) is 9.59 Å². The summed E-state index contributed by atoms with van der Waals surface area (Å²) in [5, 5.41) is 8.88. The molecule has 7 heteroatoms. The van der Waals surface area contributed by atoms with Crippen LogP contribution in [0.25, 0.3) is 22.9 Å². The van der Waals surface area contributed by atoms with Crippen LogP contribution in [0.15, 0.2) is 83.9 Å². The fraction of sp³-hybridized carbons (Fsp3) is 0.289. The molecule has 1 N–H and O–H groups in total. The van der Waals surface area contributed by atoms with Crippen molar-refractivity contribution in [3.05, 3.63) is 113 Å². The van der Waals surface area contributed by atoms with Crippen LogP contribution < -0.4 is 4.98 Å². The number of carbonyl (C=O) groups is 2. The van der Waals surface area contributed by atoms with E-state index in [1.165, 1.54) is 6.07 Å².